The molecular formula is C26H32ClN3O4SU. The van der Waals surface area contributed by atoms with Crippen molar-refractivity contribution >= 4 is 38.5 Å². The number of amides is 1. The number of halogens is 1. The van der Waals surface area contributed by atoms with Crippen molar-refractivity contribution in [1.82, 2.24) is 9.21 Å². The molecular weight excluding hydrogens is 724 g/mol. The van der Waals surface area contributed by atoms with Crippen molar-refractivity contribution in [3.8, 4) is 0 Å². The van der Waals surface area contributed by atoms with Gasteiger partial charge < -0.3 is 19.2 Å². The summed E-state index contributed by atoms with van der Waals surface area (Å²) >= 11 is 6.00. The van der Waals surface area contributed by atoms with Gasteiger partial charge >= 0.3 is 31.1 Å². The molecule has 2 saturated heterocycles. The van der Waals surface area contributed by atoms with Gasteiger partial charge in [0.25, 0.3) is 0 Å². The van der Waals surface area contributed by atoms with Gasteiger partial charge in [-0.05, 0) is 69.0 Å². The predicted molar refractivity (Wildman–Crippen MR) is 138 cm³/mol. The van der Waals surface area contributed by atoms with E-state index in [9.17, 15) is 9.00 Å². The van der Waals surface area contributed by atoms with Crippen molar-refractivity contribution in [1.29, 1.82) is 5.41 Å². The number of carbonyl (C=O) groups excluding carboxylic acids is 1. The van der Waals surface area contributed by atoms with Crippen LogP contribution in [0.2, 0.25) is 5.02 Å². The molecule has 3 atom stereocenters. The van der Waals surface area contributed by atoms with E-state index in [2.05, 4.69) is 10.9 Å². The number of rotatable bonds is 6. The standard InChI is InChI=1S/C16H17ClNO2S.C10H15N2O2.U/c17-11-3-5-12(6-4-11)21(19)16-7-13(16)15-9-20-8-14(18(15)21)10-1-2-10;1-2-7-14-10(11)9-3-5-12(8-13)6-4-9;/h3-6,10,14-15H,1-2,7-9H2;2,9,11H,1,3-7H2;/q2*-1;+2/t14-,15+,21?;;/m0../s1. The zero-order chi connectivity index (χ0) is 24.6. The second-order valence-electron chi connectivity index (χ2n) is 9.74. The van der Waals surface area contributed by atoms with E-state index in [4.69, 9.17) is 26.5 Å². The Morgan fingerprint density at radius 3 is 2.56 bits per heavy atom. The Kier molecular flexibility index (Phi) is 9.34. The van der Waals surface area contributed by atoms with Crippen molar-refractivity contribution in [3.63, 3.8) is 0 Å². The fourth-order valence-corrected chi connectivity index (χ4v) is 8.76. The van der Waals surface area contributed by atoms with Crippen LogP contribution >= 0.6 is 11.6 Å². The van der Waals surface area contributed by atoms with Crippen LogP contribution in [0.4, 0.5) is 0 Å². The van der Waals surface area contributed by atoms with Gasteiger partial charge in [0.2, 0.25) is 0 Å². The summed E-state index contributed by atoms with van der Waals surface area (Å²) in [6.07, 6.45) is 8.51. The fourth-order valence-electron chi connectivity index (χ4n) is 5.35. The Labute approximate surface area is 242 Å². The van der Waals surface area contributed by atoms with Crippen LogP contribution in [-0.2, 0) is 24.0 Å². The molecule has 192 valence electrons. The molecule has 1 unspecified atom stereocenters. The first-order chi connectivity index (χ1) is 17.0. The number of morpholine rings is 1. The van der Waals surface area contributed by atoms with Gasteiger partial charge in [0.1, 0.15) is 6.61 Å². The Balaban J connectivity index is 0.000000180. The van der Waals surface area contributed by atoms with Gasteiger partial charge in [-0.15, -0.1) is 0 Å². The van der Waals surface area contributed by atoms with Crippen LogP contribution in [0.15, 0.2) is 41.8 Å². The zero-order valence-corrected chi connectivity index (χ0v) is 26.0. The molecule has 1 amide bonds. The molecule has 3 aliphatic heterocycles. The van der Waals surface area contributed by atoms with Gasteiger partial charge in [-0.3, -0.25) is 11.3 Å². The maximum atomic E-state index is 13.9. The summed E-state index contributed by atoms with van der Waals surface area (Å²) < 4.78 is 27.2. The fraction of sp³-hybridized carbons (Fsp3) is 0.538. The van der Waals surface area contributed by atoms with Crippen LogP contribution in [0.3, 0.4) is 0 Å². The molecule has 5 aliphatic rings. The minimum absolute atomic E-state index is 0. The average molecular weight is 756 g/mol. The van der Waals surface area contributed by atoms with Gasteiger partial charge in [-0.1, -0.05) is 30.3 Å². The van der Waals surface area contributed by atoms with E-state index in [1.54, 1.807) is 11.0 Å². The van der Waals surface area contributed by atoms with E-state index in [0.29, 0.717) is 49.2 Å². The predicted octanol–water partition coefficient (Wildman–Crippen LogP) is 3.49. The number of nitrogens with zero attached hydrogens (tertiary/aromatic N) is 2. The van der Waals surface area contributed by atoms with Crippen LogP contribution in [0.5, 0.6) is 0 Å². The Bertz CT molecular complexity index is 1090. The number of benzene rings is 1. The summed E-state index contributed by atoms with van der Waals surface area (Å²) in [6.45, 7) is 6.69. The van der Waals surface area contributed by atoms with Crippen molar-refractivity contribution in [2.45, 2.75) is 49.1 Å². The molecule has 10 heteroatoms. The molecule has 6 rings (SSSR count). The third-order valence-corrected chi connectivity index (χ3v) is 10.8. The molecule has 2 aliphatic carbocycles. The molecule has 36 heavy (non-hydrogen) atoms. The molecule has 2 saturated carbocycles. The number of nitrogens with one attached hydrogen (secondary N) is 1. The van der Waals surface area contributed by atoms with Crippen LogP contribution in [0, 0.1) is 54.3 Å². The van der Waals surface area contributed by atoms with Crippen molar-refractivity contribution in [2.75, 3.05) is 32.9 Å². The van der Waals surface area contributed by atoms with E-state index >= 15 is 0 Å². The van der Waals surface area contributed by atoms with Gasteiger partial charge in [-0.2, -0.15) is 17.7 Å². The molecule has 0 spiro atoms. The Morgan fingerprint density at radius 1 is 1.25 bits per heavy atom. The van der Waals surface area contributed by atoms with E-state index < -0.39 is 9.71 Å². The molecule has 0 aromatic heterocycles. The molecule has 7 nitrogen and oxygen atoms in total. The minimum atomic E-state index is -2.23. The second-order valence-corrected chi connectivity index (χ2v) is 12.6. The van der Waals surface area contributed by atoms with Gasteiger partial charge in [0.05, 0.1) is 6.61 Å². The van der Waals surface area contributed by atoms with Crippen LogP contribution in [-0.4, -0.2) is 75.6 Å². The smallest absolute Gasteiger partial charge is 0.520 e. The van der Waals surface area contributed by atoms with Gasteiger partial charge in [-0.25, -0.2) is 8.51 Å². The monoisotopic (exact) mass is 755 g/mol. The van der Waals surface area contributed by atoms with E-state index in [0.717, 1.165) is 30.8 Å². The third kappa shape index (κ3) is 5.62. The minimum Gasteiger partial charge on any atom is -0.520 e. The number of fused-ring (bicyclic) bond motifs is 3. The third-order valence-electron chi connectivity index (χ3n) is 7.47. The molecule has 1 N–H and O–H groups in total. The van der Waals surface area contributed by atoms with Crippen molar-refractivity contribution < 1.29 is 49.6 Å². The molecule has 4 fully saturated rings. The quantitative estimate of drug-likeness (QED) is 0.159. The molecule has 3 heterocycles. The second kappa shape index (κ2) is 11.9. The van der Waals surface area contributed by atoms with Gasteiger partial charge in [0, 0.05) is 38.2 Å². The van der Waals surface area contributed by atoms with Crippen LogP contribution < -0.4 is 0 Å². The summed E-state index contributed by atoms with van der Waals surface area (Å²) in [4.78, 5) is 14.0. The van der Waals surface area contributed by atoms with Crippen molar-refractivity contribution in [3.05, 3.63) is 47.9 Å². The first-order valence-corrected chi connectivity index (χ1v) is 14.2. The van der Waals surface area contributed by atoms with Crippen LogP contribution in [0.25, 0.3) is 0 Å². The maximum Gasteiger partial charge on any atom is 2.00 e. The largest absolute Gasteiger partial charge is 2.00 e. The summed E-state index contributed by atoms with van der Waals surface area (Å²) in [5.41, 5.74) is 0. The topological polar surface area (TPSA) is 82.9 Å². The molecule has 1 aromatic carbocycles. The maximum absolute atomic E-state index is 13.9. The van der Waals surface area contributed by atoms with Gasteiger partial charge in [0.15, 0.2) is 5.90 Å². The normalized spacial score (nSPS) is 29.7. The SMILES string of the molecule is C=CCOC(=N)C1CCN([C-]=O)CC1.O=S1(c2ccc(Cl)cc2)=C2C[C-]2[C@H]2COC[C@@H](C3CC3)N21.[U+2]. The first kappa shape index (κ1) is 28.2. The van der Waals surface area contributed by atoms with Crippen LogP contribution in [0.1, 0.15) is 32.1 Å². The number of piperidine rings is 1. The summed E-state index contributed by atoms with van der Waals surface area (Å²) in [5, 5.41) is 8.32. The summed E-state index contributed by atoms with van der Waals surface area (Å²) in [6, 6.07) is 8.16. The zero-order valence-electron chi connectivity index (χ0n) is 20.3. The van der Waals surface area contributed by atoms with E-state index in [-0.39, 0.29) is 43.1 Å². The Morgan fingerprint density at radius 2 is 1.94 bits per heavy atom. The molecule has 1 aromatic rings. The average Bonchev–Trinajstić information content (AvgIpc) is 3.81. The first-order valence-electron chi connectivity index (χ1n) is 12.3. The number of ether oxygens (including phenoxy) is 2. The Hall–Kier alpha value is -0.818. The molecule has 0 bridgehead atoms. The van der Waals surface area contributed by atoms with Crippen molar-refractivity contribution in [2.24, 2.45) is 11.8 Å². The molecule has 0 radical (unpaired) electrons. The number of likely N-dealkylation sites (tertiary alicyclic amines) is 1. The number of hydrogen-bond donors (Lipinski definition) is 1. The summed E-state index contributed by atoms with van der Waals surface area (Å²) in [5.74, 6) is 2.51. The van der Waals surface area contributed by atoms with E-state index in [1.165, 1.54) is 23.6 Å². The summed E-state index contributed by atoms with van der Waals surface area (Å²) in [7, 11) is -2.23. The van der Waals surface area contributed by atoms with E-state index in [1.807, 2.05) is 30.7 Å². The number of hydrogen-bond acceptors (Lipinski definition) is 5.